The van der Waals surface area contributed by atoms with Gasteiger partial charge in [-0.25, -0.2) is 0 Å². The van der Waals surface area contributed by atoms with E-state index in [-0.39, 0.29) is 0 Å². The van der Waals surface area contributed by atoms with Gasteiger partial charge in [-0.05, 0) is 6.92 Å². The molecule has 0 radical (unpaired) electrons. The third-order valence-corrected chi connectivity index (χ3v) is 0.370. The van der Waals surface area contributed by atoms with Crippen molar-refractivity contribution < 1.29 is 11.3 Å². The Morgan fingerprint density at radius 1 is 2.33 bits per heavy atom. The minimum Gasteiger partial charge on any atom is -0.480 e. The summed E-state index contributed by atoms with van der Waals surface area (Å²) in [5.41, 5.74) is 1.81. The Labute approximate surface area is 37.2 Å². The molecule has 3 N–H and O–H groups in total. The first kappa shape index (κ1) is 3.61. The van der Waals surface area contributed by atoms with Gasteiger partial charge in [0, 0.05) is 0 Å². The molecule has 3 nitrogen and oxygen atoms in total. The van der Waals surface area contributed by atoms with Crippen LogP contribution in [0.1, 0.15) is 6.92 Å². The van der Waals surface area contributed by atoms with Gasteiger partial charge in [-0.1, -0.05) is 0 Å². The van der Waals surface area contributed by atoms with Gasteiger partial charge in [0.15, 0.2) is 0 Å². The van der Waals surface area contributed by atoms with E-state index in [1.165, 1.54) is 6.92 Å². The Hall–Kier alpha value is -0.570. The summed E-state index contributed by atoms with van der Waals surface area (Å²) >= 11 is 0. The van der Waals surface area contributed by atoms with Crippen molar-refractivity contribution in [1.82, 2.24) is 0 Å². The summed E-state index contributed by atoms with van der Waals surface area (Å²) in [6, 6.07) is -0.764. The van der Waals surface area contributed by atoms with Crippen molar-refractivity contribution in [2.45, 2.75) is 13.0 Å². The summed E-state index contributed by atoms with van der Waals surface area (Å²) in [7, 11) is 0. The zero-order valence-corrected chi connectivity index (χ0v) is 3.43. The van der Waals surface area contributed by atoms with Gasteiger partial charge in [-0.3, -0.25) is 4.79 Å². The highest BCUT2D eigenvalue weighted by Gasteiger charge is 1.99. The van der Waals surface area contributed by atoms with Gasteiger partial charge < -0.3 is 10.8 Å². The summed E-state index contributed by atoms with van der Waals surface area (Å²) in [6.45, 7) is 1.40. The number of hydrogen-bond donors (Lipinski definition) is 2. The van der Waals surface area contributed by atoms with Crippen molar-refractivity contribution in [2.24, 2.45) is 5.73 Å². The minimum absolute atomic E-state index is 0.764. The molecule has 3 heteroatoms. The van der Waals surface area contributed by atoms with Gasteiger partial charge in [-0.2, -0.15) is 0 Å². The molecule has 6 heavy (non-hydrogen) atoms. The second-order valence-corrected chi connectivity index (χ2v) is 1.06. The first-order valence-corrected chi connectivity index (χ1v) is 1.58. The molecule has 36 valence electrons. The van der Waals surface area contributed by atoms with Crippen LogP contribution in [0, 0.1) is 0 Å². The first-order chi connectivity index (χ1) is 3.18. The zero-order chi connectivity index (χ0) is 5.86. The quantitative estimate of drug-likeness (QED) is 0.476. The van der Waals surface area contributed by atoms with Crippen LogP contribution in [0.4, 0.5) is 0 Å². The van der Waals surface area contributed by atoms with Crippen LogP contribution in [0.3, 0.4) is 0 Å². The highest BCUT2D eigenvalue weighted by atomic mass is 16.4. The maximum Gasteiger partial charge on any atom is 0.320 e. The Balaban J connectivity index is 3.34. The first-order valence-electron chi connectivity index (χ1n) is 2.08. The van der Waals surface area contributed by atoms with E-state index in [2.05, 4.69) is 0 Å². The zero-order valence-electron chi connectivity index (χ0n) is 4.43. The number of hydrogen-bond acceptors (Lipinski definition) is 2. The molecule has 0 aromatic rings. The van der Waals surface area contributed by atoms with Crippen LogP contribution in [0.2, 0.25) is 1.41 Å². The fourth-order valence-electron chi connectivity index (χ4n) is 0. The molecule has 0 fully saturated rings. The summed E-state index contributed by atoms with van der Waals surface area (Å²) in [4.78, 5) is 9.75. The Kier molecular flexibility index (Phi) is 1.06. The lowest BCUT2D eigenvalue weighted by Gasteiger charge is -1.90. The Bertz CT molecular complexity index is 75.3. The maximum absolute atomic E-state index is 9.75. The lowest BCUT2D eigenvalue weighted by atomic mass is 10.4. The summed E-state index contributed by atoms with van der Waals surface area (Å²) in [6.07, 6.45) is 0. The molecule has 1 atom stereocenters. The molecule has 0 spiro atoms. The highest BCUT2D eigenvalue weighted by Crippen LogP contribution is 1.68. The van der Waals surface area contributed by atoms with Crippen LogP contribution in [-0.2, 0) is 4.79 Å². The fourth-order valence-corrected chi connectivity index (χ4v) is 0. The number of carbonyl (C=O) groups is 1. The second-order valence-electron chi connectivity index (χ2n) is 1.06. The highest BCUT2D eigenvalue weighted by molar-refractivity contribution is 5.72. The Morgan fingerprint density at radius 3 is 2.83 bits per heavy atom. The molecule has 0 saturated carbocycles. The minimum atomic E-state index is -1.00. The van der Waals surface area contributed by atoms with Gasteiger partial charge in [-0.15, -0.1) is 0 Å². The molecule has 0 aliphatic carbocycles. The van der Waals surface area contributed by atoms with E-state index in [0.29, 0.717) is 0 Å². The van der Waals surface area contributed by atoms with Crippen LogP contribution >= 0.6 is 0 Å². The van der Waals surface area contributed by atoms with Crippen LogP contribution in [0.15, 0.2) is 0 Å². The van der Waals surface area contributed by atoms with E-state index in [0.717, 1.165) is 0 Å². The average molecular weight is 90.1 g/mol. The van der Waals surface area contributed by atoms with Crippen molar-refractivity contribution in [1.29, 1.82) is 0 Å². The normalized spacial score (nSPS) is 15.8. The maximum atomic E-state index is 9.75. The number of carboxylic acid groups (broad SMARTS) is 1. The number of carboxylic acids is 1. The molecular weight excluding hydrogens is 82.0 g/mol. The molecule has 0 bridgehead atoms. The molecule has 1 unspecified atom stereocenters. The van der Waals surface area contributed by atoms with Crippen molar-refractivity contribution in [3.8, 4) is 0 Å². The third-order valence-electron chi connectivity index (χ3n) is 0.370. The SMILES string of the molecule is [2H]NC(C)C(=O)O. The van der Waals surface area contributed by atoms with Crippen molar-refractivity contribution >= 4 is 5.97 Å². The lowest BCUT2D eigenvalue weighted by Crippen LogP contribution is -2.25. The lowest BCUT2D eigenvalue weighted by molar-refractivity contribution is -0.138. The molecule has 0 rings (SSSR count). The van der Waals surface area contributed by atoms with E-state index >= 15 is 0 Å². The second kappa shape index (κ2) is 1.77. The topological polar surface area (TPSA) is 63.3 Å². The molecule has 0 saturated heterocycles. The van der Waals surface area contributed by atoms with Crippen molar-refractivity contribution in [3.63, 3.8) is 0 Å². The smallest absolute Gasteiger partial charge is 0.320 e. The Morgan fingerprint density at radius 2 is 2.83 bits per heavy atom. The molecule has 0 heterocycles. The van der Waals surface area contributed by atoms with Gasteiger partial charge >= 0.3 is 5.97 Å². The van der Waals surface area contributed by atoms with E-state index < -0.39 is 12.0 Å². The van der Waals surface area contributed by atoms with Crippen molar-refractivity contribution in [3.05, 3.63) is 0 Å². The van der Waals surface area contributed by atoms with Crippen LogP contribution in [0.5, 0.6) is 0 Å². The van der Waals surface area contributed by atoms with Crippen LogP contribution < -0.4 is 5.73 Å². The fraction of sp³-hybridized carbons (Fsp3) is 0.667. The van der Waals surface area contributed by atoms with Gasteiger partial charge in [0.25, 0.3) is 0 Å². The van der Waals surface area contributed by atoms with Gasteiger partial charge in [0.2, 0.25) is 0 Å². The number of rotatable bonds is 2. The predicted molar refractivity (Wildman–Crippen MR) is 21.3 cm³/mol. The molecule has 0 aromatic carbocycles. The van der Waals surface area contributed by atoms with E-state index in [1.54, 1.807) is 0 Å². The van der Waals surface area contributed by atoms with E-state index in [1.807, 2.05) is 5.73 Å². The van der Waals surface area contributed by atoms with E-state index in [9.17, 15) is 4.79 Å². The predicted octanol–water partition coefficient (Wildman–Crippen LogP) is -0.582. The van der Waals surface area contributed by atoms with Crippen LogP contribution in [0.25, 0.3) is 0 Å². The molecule has 0 aliphatic rings. The molecule has 0 aromatic heterocycles. The molecule has 0 aliphatic heterocycles. The summed E-state index contributed by atoms with van der Waals surface area (Å²) < 4.78 is 6.31. The number of nitrogens with two attached hydrogens (primary N) is 1. The van der Waals surface area contributed by atoms with Gasteiger partial charge in [0.05, 0.1) is 0 Å². The standard InChI is InChI=1S/C3H7NO2/c1-2(4)3(5)6/h2H,4H2,1H3,(H,5,6)/i/hD. The third kappa shape index (κ3) is 1.72. The largest absolute Gasteiger partial charge is 0.480 e. The summed E-state index contributed by atoms with van der Waals surface area (Å²) in [5.74, 6) is -1.00. The van der Waals surface area contributed by atoms with Crippen LogP contribution in [-0.4, -0.2) is 17.1 Å². The molecular formula is C3H7NO2. The van der Waals surface area contributed by atoms with Crippen molar-refractivity contribution in [2.75, 3.05) is 0 Å². The number of aliphatic carboxylic acids is 1. The van der Waals surface area contributed by atoms with Gasteiger partial charge in [0.1, 0.15) is 7.45 Å². The monoisotopic (exact) mass is 90.1 g/mol. The summed E-state index contributed by atoms with van der Waals surface area (Å²) in [5, 5.41) is 8.00. The van der Waals surface area contributed by atoms with E-state index in [4.69, 9.17) is 6.52 Å². The average Bonchev–Trinajstić information content (AvgIpc) is 1.65. The molecule has 0 amide bonds.